The number of hydrogen-bond acceptors (Lipinski definition) is 5. The van der Waals surface area contributed by atoms with Crippen LogP contribution >= 0.6 is 11.8 Å². The van der Waals surface area contributed by atoms with Crippen LogP contribution in [0.3, 0.4) is 0 Å². The number of thioether (sulfide) groups is 1. The van der Waals surface area contributed by atoms with Gasteiger partial charge in [-0.2, -0.15) is 0 Å². The third-order valence-electron chi connectivity index (χ3n) is 5.11. The molecule has 0 radical (unpaired) electrons. The van der Waals surface area contributed by atoms with Crippen LogP contribution in [-0.4, -0.2) is 61.9 Å². The third kappa shape index (κ3) is 6.20. The SMILES string of the molecule is COCCCN(CC(=O)N1CCS[C@@H]1c1ccc(OC)cc1)Cc1ccc(F)cc1. The van der Waals surface area contributed by atoms with E-state index in [1.807, 2.05) is 29.2 Å². The minimum atomic E-state index is -0.253. The molecule has 0 spiro atoms. The van der Waals surface area contributed by atoms with Crippen LogP contribution in [-0.2, 0) is 16.1 Å². The van der Waals surface area contributed by atoms with Crippen LogP contribution in [0.4, 0.5) is 4.39 Å². The molecule has 2 aromatic rings. The summed E-state index contributed by atoms with van der Waals surface area (Å²) in [5, 5.41) is 0.0232. The molecule has 2 aromatic carbocycles. The number of carbonyl (C=O) groups excluding carboxylic acids is 1. The van der Waals surface area contributed by atoms with Crippen molar-refractivity contribution in [1.29, 1.82) is 0 Å². The molecule has 5 nitrogen and oxygen atoms in total. The number of halogens is 1. The van der Waals surface area contributed by atoms with Gasteiger partial charge in [0.15, 0.2) is 0 Å². The Hall–Kier alpha value is -2.09. The maximum absolute atomic E-state index is 13.2. The van der Waals surface area contributed by atoms with E-state index in [0.29, 0.717) is 19.7 Å². The smallest absolute Gasteiger partial charge is 0.237 e. The number of methoxy groups -OCH3 is 2. The van der Waals surface area contributed by atoms with E-state index in [2.05, 4.69) is 4.90 Å². The zero-order chi connectivity index (χ0) is 21.3. The minimum absolute atomic E-state index is 0.0232. The lowest BCUT2D eigenvalue weighted by Crippen LogP contribution is -2.40. The topological polar surface area (TPSA) is 42.0 Å². The number of hydrogen-bond donors (Lipinski definition) is 0. The lowest BCUT2D eigenvalue weighted by atomic mass is 10.2. The first kappa shape index (κ1) is 22.6. The Labute approximate surface area is 182 Å². The molecule has 0 N–H and O–H groups in total. The Morgan fingerprint density at radius 1 is 1.17 bits per heavy atom. The number of ether oxygens (including phenoxy) is 2. The molecule has 1 aliphatic rings. The van der Waals surface area contributed by atoms with E-state index in [4.69, 9.17) is 9.47 Å². The summed E-state index contributed by atoms with van der Waals surface area (Å²) >= 11 is 1.78. The van der Waals surface area contributed by atoms with E-state index < -0.39 is 0 Å². The van der Waals surface area contributed by atoms with Gasteiger partial charge in [0.1, 0.15) is 16.9 Å². The summed E-state index contributed by atoms with van der Waals surface area (Å²) in [6, 6.07) is 14.4. The molecule has 3 rings (SSSR count). The molecule has 1 saturated heterocycles. The van der Waals surface area contributed by atoms with Gasteiger partial charge in [0.2, 0.25) is 5.91 Å². The molecule has 0 aromatic heterocycles. The maximum Gasteiger partial charge on any atom is 0.237 e. The number of nitrogens with zero attached hydrogens (tertiary/aromatic N) is 2. The summed E-state index contributed by atoms with van der Waals surface area (Å²) in [6.07, 6.45) is 0.835. The average molecular weight is 433 g/mol. The van der Waals surface area contributed by atoms with E-state index in [9.17, 15) is 9.18 Å². The fourth-order valence-electron chi connectivity index (χ4n) is 3.55. The number of amides is 1. The molecule has 1 fully saturated rings. The van der Waals surface area contributed by atoms with Crippen molar-refractivity contribution >= 4 is 17.7 Å². The first-order valence-corrected chi connectivity index (χ1v) is 11.2. The quantitative estimate of drug-likeness (QED) is 0.532. The van der Waals surface area contributed by atoms with Gasteiger partial charge in [0.25, 0.3) is 0 Å². The van der Waals surface area contributed by atoms with Crippen molar-refractivity contribution in [3.05, 3.63) is 65.5 Å². The lowest BCUT2D eigenvalue weighted by molar-refractivity contribution is -0.132. The highest BCUT2D eigenvalue weighted by Gasteiger charge is 2.31. The van der Waals surface area contributed by atoms with Crippen molar-refractivity contribution in [1.82, 2.24) is 9.80 Å². The highest BCUT2D eigenvalue weighted by atomic mass is 32.2. The van der Waals surface area contributed by atoms with Gasteiger partial charge >= 0.3 is 0 Å². The summed E-state index contributed by atoms with van der Waals surface area (Å²) < 4.78 is 23.7. The molecule has 30 heavy (non-hydrogen) atoms. The van der Waals surface area contributed by atoms with E-state index >= 15 is 0 Å². The zero-order valence-electron chi connectivity index (χ0n) is 17.6. The third-order valence-corrected chi connectivity index (χ3v) is 6.37. The van der Waals surface area contributed by atoms with E-state index in [1.165, 1.54) is 12.1 Å². The number of carbonyl (C=O) groups is 1. The first-order chi connectivity index (χ1) is 14.6. The minimum Gasteiger partial charge on any atom is -0.497 e. The van der Waals surface area contributed by atoms with Crippen LogP contribution in [0, 0.1) is 5.82 Å². The van der Waals surface area contributed by atoms with Gasteiger partial charge in [-0.1, -0.05) is 24.3 Å². The van der Waals surface area contributed by atoms with Gasteiger partial charge in [-0.3, -0.25) is 9.69 Å². The van der Waals surface area contributed by atoms with Gasteiger partial charge in [0.05, 0.1) is 13.7 Å². The molecule has 1 heterocycles. The molecule has 1 aliphatic heterocycles. The van der Waals surface area contributed by atoms with Crippen molar-refractivity contribution in [3.63, 3.8) is 0 Å². The Balaban J connectivity index is 1.66. The molecule has 1 amide bonds. The van der Waals surface area contributed by atoms with Crippen molar-refractivity contribution in [2.75, 3.05) is 46.2 Å². The predicted molar refractivity (Wildman–Crippen MR) is 118 cm³/mol. The molecular formula is C23H29FN2O3S. The molecule has 0 bridgehead atoms. The van der Waals surface area contributed by atoms with E-state index in [0.717, 1.165) is 42.1 Å². The first-order valence-electron chi connectivity index (χ1n) is 10.1. The summed E-state index contributed by atoms with van der Waals surface area (Å²) in [5.74, 6) is 1.59. The maximum atomic E-state index is 13.2. The fraction of sp³-hybridized carbons (Fsp3) is 0.435. The number of benzene rings is 2. The van der Waals surface area contributed by atoms with Gasteiger partial charge in [0, 0.05) is 39.1 Å². The van der Waals surface area contributed by atoms with Crippen LogP contribution < -0.4 is 4.74 Å². The number of rotatable bonds is 10. The Morgan fingerprint density at radius 2 is 1.90 bits per heavy atom. The van der Waals surface area contributed by atoms with Crippen LogP contribution in [0.5, 0.6) is 5.75 Å². The van der Waals surface area contributed by atoms with Crippen molar-refractivity contribution in [2.45, 2.75) is 18.3 Å². The van der Waals surface area contributed by atoms with E-state index in [1.54, 1.807) is 38.1 Å². The molecule has 0 unspecified atom stereocenters. The van der Waals surface area contributed by atoms with Gasteiger partial charge < -0.3 is 14.4 Å². The van der Waals surface area contributed by atoms with Crippen LogP contribution in [0.2, 0.25) is 0 Å². The monoisotopic (exact) mass is 432 g/mol. The lowest BCUT2D eigenvalue weighted by Gasteiger charge is -2.28. The highest BCUT2D eigenvalue weighted by molar-refractivity contribution is 7.99. The second-order valence-electron chi connectivity index (χ2n) is 7.27. The zero-order valence-corrected chi connectivity index (χ0v) is 18.4. The van der Waals surface area contributed by atoms with Crippen molar-refractivity contribution in [3.8, 4) is 5.75 Å². The fourth-order valence-corrected chi connectivity index (χ4v) is 4.82. The van der Waals surface area contributed by atoms with Crippen molar-refractivity contribution < 1.29 is 18.7 Å². The van der Waals surface area contributed by atoms with Gasteiger partial charge in [-0.25, -0.2) is 4.39 Å². The molecule has 1 atom stereocenters. The summed E-state index contributed by atoms with van der Waals surface area (Å²) in [5.41, 5.74) is 2.10. The highest BCUT2D eigenvalue weighted by Crippen LogP contribution is 2.38. The second kappa shape index (κ2) is 11.3. The average Bonchev–Trinajstić information content (AvgIpc) is 3.25. The van der Waals surface area contributed by atoms with Gasteiger partial charge in [-0.15, -0.1) is 11.8 Å². The van der Waals surface area contributed by atoms with Crippen LogP contribution in [0.1, 0.15) is 22.9 Å². The molecule has 0 saturated carbocycles. The standard InChI is InChI=1S/C23H29FN2O3S/c1-28-14-3-12-25(16-18-4-8-20(24)9-5-18)17-22(27)26-13-15-30-23(26)19-6-10-21(29-2)11-7-19/h4-11,23H,3,12-17H2,1-2H3/t23-/m1/s1. The molecular weight excluding hydrogens is 403 g/mol. The van der Waals surface area contributed by atoms with E-state index in [-0.39, 0.29) is 17.1 Å². The summed E-state index contributed by atoms with van der Waals surface area (Å²) in [7, 11) is 3.32. The Kier molecular flexibility index (Phi) is 8.54. The largest absolute Gasteiger partial charge is 0.497 e. The predicted octanol–water partition coefficient (Wildman–Crippen LogP) is 3.95. The summed E-state index contributed by atoms with van der Waals surface area (Å²) in [4.78, 5) is 17.3. The molecule has 7 heteroatoms. The van der Waals surface area contributed by atoms with Crippen LogP contribution in [0.15, 0.2) is 48.5 Å². The van der Waals surface area contributed by atoms with Crippen molar-refractivity contribution in [2.24, 2.45) is 0 Å². The normalized spacial score (nSPS) is 16.3. The molecule has 0 aliphatic carbocycles. The molecule has 162 valence electrons. The van der Waals surface area contributed by atoms with Crippen LogP contribution in [0.25, 0.3) is 0 Å². The summed E-state index contributed by atoms with van der Waals surface area (Å²) in [6.45, 7) is 3.05. The Morgan fingerprint density at radius 3 is 2.57 bits per heavy atom. The second-order valence-corrected chi connectivity index (χ2v) is 8.46. The van der Waals surface area contributed by atoms with Gasteiger partial charge in [-0.05, 0) is 41.8 Å². The Bertz CT molecular complexity index is 801.